The van der Waals surface area contributed by atoms with Crippen LogP contribution < -0.4 is 0 Å². The predicted octanol–water partition coefficient (Wildman–Crippen LogP) is 6.14. The van der Waals surface area contributed by atoms with Crippen molar-refractivity contribution in [2.45, 2.75) is 10.1 Å². The Morgan fingerprint density at radius 1 is 0.875 bits per heavy atom. The van der Waals surface area contributed by atoms with E-state index in [9.17, 15) is 13.2 Å². The zero-order valence-corrected chi connectivity index (χ0v) is 14.6. The lowest BCUT2D eigenvalue weighted by Gasteiger charge is -2.19. The molecule has 24 heavy (non-hydrogen) atoms. The number of aromatic nitrogens is 1. The Kier molecular flexibility index (Phi) is 5.26. The summed E-state index contributed by atoms with van der Waals surface area (Å²) in [6.45, 7) is 0. The van der Waals surface area contributed by atoms with E-state index < -0.39 is 22.7 Å². The second-order valence-corrected chi connectivity index (χ2v) is 6.97. The van der Waals surface area contributed by atoms with E-state index in [0.717, 1.165) is 17.0 Å². The van der Waals surface area contributed by atoms with Crippen molar-refractivity contribution >= 4 is 27.7 Å². The van der Waals surface area contributed by atoms with Gasteiger partial charge in [-0.25, -0.2) is 18.2 Å². The quantitative estimate of drug-likeness (QED) is 0.291. The van der Waals surface area contributed by atoms with Gasteiger partial charge in [-0.1, -0.05) is 24.3 Å². The molecule has 1 unspecified atom stereocenters. The van der Waals surface area contributed by atoms with Crippen molar-refractivity contribution in [1.82, 2.24) is 4.98 Å². The molecule has 1 heterocycles. The number of rotatable bonds is 4. The maximum atomic E-state index is 14.3. The second kappa shape index (κ2) is 7.40. The molecule has 0 aliphatic rings. The molecule has 6 heteroatoms. The fourth-order valence-corrected chi connectivity index (χ4v) is 3.68. The van der Waals surface area contributed by atoms with Gasteiger partial charge in [0.05, 0.1) is 5.25 Å². The van der Waals surface area contributed by atoms with Gasteiger partial charge in [0.15, 0.2) is 11.6 Å². The topological polar surface area (TPSA) is 12.9 Å². The molecule has 3 rings (SSSR count). The van der Waals surface area contributed by atoms with E-state index in [0.29, 0.717) is 10.2 Å². The number of hydrogen-bond donors (Lipinski definition) is 0. The third-order valence-electron chi connectivity index (χ3n) is 3.39. The first-order chi connectivity index (χ1) is 11.6. The molecule has 0 fully saturated rings. The summed E-state index contributed by atoms with van der Waals surface area (Å²) in [5, 5.41) is -0.760. The van der Waals surface area contributed by atoms with Gasteiger partial charge >= 0.3 is 0 Å². The first-order valence-electron chi connectivity index (χ1n) is 7.03. The Morgan fingerprint density at radius 3 is 2.25 bits per heavy atom. The molecule has 0 amide bonds. The molecule has 0 N–H and O–H groups in total. The predicted molar refractivity (Wildman–Crippen MR) is 92.4 cm³/mol. The smallest absolute Gasteiger partial charge is 0.166 e. The Bertz CT molecular complexity index is 841. The van der Waals surface area contributed by atoms with Crippen molar-refractivity contribution in [3.63, 3.8) is 0 Å². The van der Waals surface area contributed by atoms with Gasteiger partial charge in [-0.15, -0.1) is 11.8 Å². The standard InChI is InChI=1S/C18H11BrF3NS/c19-15-9-6-11(10-23-15)18(24-12-4-2-1-3-5-12)16-13(20)7-8-14(21)17(16)22/h1-10,18H. The van der Waals surface area contributed by atoms with E-state index in [1.165, 1.54) is 18.0 Å². The van der Waals surface area contributed by atoms with Gasteiger partial charge in [0.1, 0.15) is 10.4 Å². The van der Waals surface area contributed by atoms with Gasteiger partial charge in [0, 0.05) is 16.7 Å². The summed E-state index contributed by atoms with van der Waals surface area (Å²) in [5.74, 6) is -3.04. The maximum absolute atomic E-state index is 14.3. The van der Waals surface area contributed by atoms with Crippen molar-refractivity contribution in [3.8, 4) is 0 Å². The largest absolute Gasteiger partial charge is 0.249 e. The van der Waals surface area contributed by atoms with E-state index in [1.54, 1.807) is 12.1 Å². The highest BCUT2D eigenvalue weighted by atomic mass is 79.9. The summed E-state index contributed by atoms with van der Waals surface area (Å²) < 4.78 is 42.9. The average Bonchev–Trinajstić information content (AvgIpc) is 2.59. The molecule has 1 nitrogen and oxygen atoms in total. The van der Waals surface area contributed by atoms with Crippen molar-refractivity contribution in [3.05, 3.63) is 94.0 Å². The summed E-state index contributed by atoms with van der Waals surface area (Å²) >= 11 is 4.47. The Morgan fingerprint density at radius 2 is 1.58 bits per heavy atom. The lowest BCUT2D eigenvalue weighted by molar-refractivity contribution is 0.481. The Hall–Kier alpha value is -1.79. The normalized spacial score (nSPS) is 12.2. The van der Waals surface area contributed by atoms with Gasteiger partial charge in [0.2, 0.25) is 0 Å². The van der Waals surface area contributed by atoms with Crippen LogP contribution in [0.5, 0.6) is 0 Å². The number of thioether (sulfide) groups is 1. The summed E-state index contributed by atoms with van der Waals surface area (Å²) in [6, 6.07) is 14.3. The van der Waals surface area contributed by atoms with Crippen LogP contribution in [0.3, 0.4) is 0 Å². The molecule has 0 aliphatic carbocycles. The highest BCUT2D eigenvalue weighted by Gasteiger charge is 2.25. The van der Waals surface area contributed by atoms with Crippen LogP contribution in [0.15, 0.2) is 70.3 Å². The number of hydrogen-bond acceptors (Lipinski definition) is 2. The first kappa shape index (κ1) is 17.0. The summed E-state index contributed by atoms with van der Waals surface area (Å²) in [4.78, 5) is 4.93. The molecule has 0 radical (unpaired) electrons. The van der Waals surface area contributed by atoms with Gasteiger partial charge in [-0.3, -0.25) is 0 Å². The SMILES string of the molecule is Fc1ccc(F)c(C(Sc2ccccc2)c2ccc(Br)nc2)c1F. The van der Waals surface area contributed by atoms with Crippen LogP contribution in [0.4, 0.5) is 13.2 Å². The molecule has 0 saturated carbocycles. The van der Waals surface area contributed by atoms with E-state index in [2.05, 4.69) is 20.9 Å². The highest BCUT2D eigenvalue weighted by molar-refractivity contribution is 9.10. The Labute approximate surface area is 150 Å². The summed E-state index contributed by atoms with van der Waals surface area (Å²) in [7, 11) is 0. The van der Waals surface area contributed by atoms with Crippen LogP contribution in [-0.2, 0) is 0 Å². The zero-order chi connectivity index (χ0) is 17.1. The van der Waals surface area contributed by atoms with Crippen molar-refractivity contribution in [2.24, 2.45) is 0 Å². The zero-order valence-electron chi connectivity index (χ0n) is 12.2. The molecule has 0 spiro atoms. The number of nitrogens with zero attached hydrogens (tertiary/aromatic N) is 1. The molecule has 1 aromatic heterocycles. The second-order valence-electron chi connectivity index (χ2n) is 4.98. The van der Waals surface area contributed by atoms with Crippen LogP contribution in [0.1, 0.15) is 16.4 Å². The van der Waals surface area contributed by atoms with E-state index in [4.69, 9.17) is 0 Å². The van der Waals surface area contributed by atoms with Gasteiger partial charge < -0.3 is 0 Å². The minimum absolute atomic E-state index is 0.312. The van der Waals surface area contributed by atoms with Crippen LogP contribution in [0.2, 0.25) is 0 Å². The average molecular weight is 410 g/mol. The van der Waals surface area contributed by atoms with Gasteiger partial charge in [-0.05, 0) is 51.8 Å². The molecule has 1 atom stereocenters. The molecule has 0 aliphatic heterocycles. The van der Waals surface area contributed by atoms with Crippen LogP contribution in [-0.4, -0.2) is 4.98 Å². The lowest BCUT2D eigenvalue weighted by Crippen LogP contribution is -2.06. The minimum Gasteiger partial charge on any atom is -0.249 e. The van der Waals surface area contributed by atoms with Crippen molar-refractivity contribution < 1.29 is 13.2 Å². The molecule has 0 bridgehead atoms. The molecule has 122 valence electrons. The van der Waals surface area contributed by atoms with Gasteiger partial charge in [-0.2, -0.15) is 0 Å². The van der Waals surface area contributed by atoms with E-state index >= 15 is 0 Å². The fourth-order valence-electron chi connectivity index (χ4n) is 2.25. The number of halogens is 4. The lowest BCUT2D eigenvalue weighted by atomic mass is 10.0. The monoisotopic (exact) mass is 409 g/mol. The number of benzene rings is 2. The molecular formula is C18H11BrF3NS. The van der Waals surface area contributed by atoms with E-state index in [-0.39, 0.29) is 5.56 Å². The van der Waals surface area contributed by atoms with E-state index in [1.807, 2.05) is 30.3 Å². The summed E-state index contributed by atoms with van der Waals surface area (Å²) in [6.07, 6.45) is 1.52. The minimum atomic E-state index is -1.17. The molecular weight excluding hydrogens is 399 g/mol. The van der Waals surface area contributed by atoms with Crippen LogP contribution in [0.25, 0.3) is 0 Å². The first-order valence-corrected chi connectivity index (χ1v) is 8.70. The maximum Gasteiger partial charge on any atom is 0.166 e. The Balaban J connectivity index is 2.12. The summed E-state index contributed by atoms with van der Waals surface area (Å²) in [5.41, 5.74) is 0.267. The highest BCUT2D eigenvalue weighted by Crippen LogP contribution is 2.42. The third kappa shape index (κ3) is 3.65. The molecule has 0 saturated heterocycles. The van der Waals surface area contributed by atoms with Crippen molar-refractivity contribution in [1.29, 1.82) is 0 Å². The van der Waals surface area contributed by atoms with Crippen LogP contribution in [0, 0.1) is 17.5 Å². The third-order valence-corrected chi connectivity index (χ3v) is 5.15. The fraction of sp³-hybridized carbons (Fsp3) is 0.0556. The molecule has 2 aromatic carbocycles. The van der Waals surface area contributed by atoms with Crippen LogP contribution >= 0.6 is 27.7 Å². The van der Waals surface area contributed by atoms with Gasteiger partial charge in [0.25, 0.3) is 0 Å². The van der Waals surface area contributed by atoms with Crippen molar-refractivity contribution in [2.75, 3.05) is 0 Å². The number of pyridine rings is 1. The molecule has 3 aromatic rings.